The van der Waals surface area contributed by atoms with E-state index in [1.807, 2.05) is 32.5 Å². The number of aryl methyl sites for hydroxylation is 2. The van der Waals surface area contributed by atoms with E-state index in [1.165, 1.54) is 11.3 Å². The summed E-state index contributed by atoms with van der Waals surface area (Å²) >= 11 is 0. The fraction of sp³-hybridized carbons (Fsp3) is 0.773. The molecule has 1 unspecified atom stereocenters. The molecule has 1 aromatic rings. The van der Waals surface area contributed by atoms with E-state index < -0.39 is 5.60 Å². The van der Waals surface area contributed by atoms with Gasteiger partial charge in [0.15, 0.2) is 5.96 Å². The Bertz CT molecular complexity index is 680. The summed E-state index contributed by atoms with van der Waals surface area (Å²) in [7, 11) is 3.78. The Kier molecular flexibility index (Phi) is 13.3. The largest absolute Gasteiger partial charge is 0.460 e. The van der Waals surface area contributed by atoms with E-state index in [-0.39, 0.29) is 36.0 Å². The highest BCUT2D eigenvalue weighted by atomic mass is 127. The van der Waals surface area contributed by atoms with Crippen LogP contribution in [-0.2, 0) is 23.0 Å². The minimum Gasteiger partial charge on any atom is -0.460 e. The van der Waals surface area contributed by atoms with Crippen molar-refractivity contribution in [1.82, 2.24) is 20.4 Å². The number of halogens is 1. The van der Waals surface area contributed by atoms with E-state index in [1.54, 1.807) is 7.05 Å². The van der Waals surface area contributed by atoms with Gasteiger partial charge in [0.05, 0.1) is 5.69 Å². The molecular weight excluding hydrogens is 493 g/mol. The number of rotatable bonds is 10. The molecule has 1 heterocycles. The number of carbonyl (C=O) groups excluding carboxylic acids is 1. The first-order valence-corrected chi connectivity index (χ1v) is 10.7. The summed E-state index contributed by atoms with van der Waals surface area (Å²) in [6.45, 7) is 12.9. The number of guanidine groups is 1. The molecule has 0 fully saturated rings. The van der Waals surface area contributed by atoms with E-state index in [9.17, 15) is 4.79 Å². The second kappa shape index (κ2) is 13.9. The maximum absolute atomic E-state index is 11.7. The third kappa shape index (κ3) is 11.2. The van der Waals surface area contributed by atoms with E-state index in [0.717, 1.165) is 50.3 Å². The summed E-state index contributed by atoms with van der Waals surface area (Å²) in [6.07, 6.45) is 5.45. The molecule has 0 aliphatic carbocycles. The molecule has 1 atom stereocenters. The highest BCUT2D eigenvalue weighted by Gasteiger charge is 2.16. The smallest absolute Gasteiger partial charge is 0.306 e. The van der Waals surface area contributed by atoms with Gasteiger partial charge in [-0.1, -0.05) is 12.8 Å². The average molecular weight is 536 g/mol. The lowest BCUT2D eigenvalue weighted by molar-refractivity contribution is -0.154. The predicted molar refractivity (Wildman–Crippen MR) is 135 cm³/mol. The second-order valence-corrected chi connectivity index (χ2v) is 8.77. The van der Waals surface area contributed by atoms with Gasteiger partial charge in [-0.2, -0.15) is 5.10 Å². The van der Waals surface area contributed by atoms with Crippen LogP contribution in [0.3, 0.4) is 0 Å². The molecule has 1 aromatic heterocycles. The SMILES string of the molecule is CN=C(NCCCCCCC(=O)OC(C)(C)C)NC(C)Cc1c(C)nn(C)c1C.I. The molecule has 2 N–H and O–H groups in total. The van der Waals surface area contributed by atoms with Crippen LogP contribution in [0.15, 0.2) is 4.99 Å². The standard InChI is InChI=1S/C22H41N5O2.HI/c1-16(15-19-17(2)26-27(8)18(19)3)25-21(23-7)24-14-12-10-9-11-13-20(28)29-22(4,5)6;/h16H,9-15H2,1-8H3,(H2,23,24,25);1H. The van der Waals surface area contributed by atoms with Gasteiger partial charge in [-0.3, -0.25) is 14.5 Å². The van der Waals surface area contributed by atoms with Crippen molar-refractivity contribution in [2.45, 2.75) is 91.7 Å². The van der Waals surface area contributed by atoms with Crippen LogP contribution in [-0.4, -0.2) is 46.9 Å². The molecule has 0 spiro atoms. The number of hydrogen-bond donors (Lipinski definition) is 2. The quantitative estimate of drug-likeness (QED) is 0.155. The van der Waals surface area contributed by atoms with Crippen molar-refractivity contribution in [2.75, 3.05) is 13.6 Å². The zero-order valence-electron chi connectivity index (χ0n) is 20.1. The lowest BCUT2D eigenvalue weighted by Gasteiger charge is -2.19. The number of unbranched alkanes of at least 4 members (excludes halogenated alkanes) is 3. The number of aromatic nitrogens is 2. The number of nitrogens with zero attached hydrogens (tertiary/aromatic N) is 3. The number of hydrogen-bond acceptors (Lipinski definition) is 4. The van der Waals surface area contributed by atoms with Gasteiger partial charge in [0.2, 0.25) is 0 Å². The van der Waals surface area contributed by atoms with Crippen molar-refractivity contribution in [2.24, 2.45) is 12.0 Å². The van der Waals surface area contributed by atoms with Crippen LogP contribution in [0.2, 0.25) is 0 Å². The van der Waals surface area contributed by atoms with E-state index in [0.29, 0.717) is 6.42 Å². The number of nitrogens with one attached hydrogen (secondary N) is 2. The normalized spacial score (nSPS) is 12.9. The average Bonchev–Trinajstić information content (AvgIpc) is 2.84. The lowest BCUT2D eigenvalue weighted by atomic mass is 10.1. The van der Waals surface area contributed by atoms with Gasteiger partial charge >= 0.3 is 5.97 Å². The van der Waals surface area contributed by atoms with Crippen molar-refractivity contribution >= 4 is 35.9 Å². The Morgan fingerprint density at radius 3 is 2.37 bits per heavy atom. The van der Waals surface area contributed by atoms with Crippen molar-refractivity contribution in [3.8, 4) is 0 Å². The fourth-order valence-corrected chi connectivity index (χ4v) is 3.25. The van der Waals surface area contributed by atoms with Crippen molar-refractivity contribution in [3.05, 3.63) is 17.0 Å². The third-order valence-corrected chi connectivity index (χ3v) is 4.80. The maximum Gasteiger partial charge on any atom is 0.306 e. The molecule has 174 valence electrons. The van der Waals surface area contributed by atoms with Crippen molar-refractivity contribution < 1.29 is 9.53 Å². The van der Waals surface area contributed by atoms with E-state index in [4.69, 9.17) is 4.74 Å². The van der Waals surface area contributed by atoms with Gasteiger partial charge in [-0.25, -0.2) is 0 Å². The molecule has 0 aliphatic heterocycles. The topological polar surface area (TPSA) is 80.5 Å². The van der Waals surface area contributed by atoms with E-state index in [2.05, 4.69) is 41.5 Å². The van der Waals surface area contributed by atoms with Gasteiger partial charge < -0.3 is 15.4 Å². The predicted octanol–water partition coefficient (Wildman–Crippen LogP) is 4.04. The molecule has 0 bridgehead atoms. The first-order valence-electron chi connectivity index (χ1n) is 10.7. The summed E-state index contributed by atoms with van der Waals surface area (Å²) in [5.41, 5.74) is 3.21. The van der Waals surface area contributed by atoms with Crippen LogP contribution < -0.4 is 10.6 Å². The minimum atomic E-state index is -0.393. The summed E-state index contributed by atoms with van der Waals surface area (Å²) in [5, 5.41) is 11.3. The number of esters is 1. The van der Waals surface area contributed by atoms with Crippen LogP contribution in [0.1, 0.15) is 76.8 Å². The minimum absolute atomic E-state index is 0. The van der Waals surface area contributed by atoms with Crippen LogP contribution in [0.5, 0.6) is 0 Å². The highest BCUT2D eigenvalue weighted by Crippen LogP contribution is 2.14. The first kappa shape index (κ1) is 28.7. The number of carbonyl (C=O) groups is 1. The molecule has 0 radical (unpaired) electrons. The molecule has 0 aliphatic rings. The second-order valence-electron chi connectivity index (χ2n) is 8.77. The third-order valence-electron chi connectivity index (χ3n) is 4.80. The Morgan fingerprint density at radius 1 is 1.20 bits per heavy atom. The fourth-order valence-electron chi connectivity index (χ4n) is 3.25. The zero-order chi connectivity index (χ0) is 22.0. The maximum atomic E-state index is 11.7. The van der Waals surface area contributed by atoms with Crippen LogP contribution in [0.4, 0.5) is 0 Å². The molecule has 0 saturated carbocycles. The molecule has 8 heteroatoms. The molecule has 0 aromatic carbocycles. The Hall–Kier alpha value is -1.32. The van der Waals surface area contributed by atoms with Crippen molar-refractivity contribution in [1.29, 1.82) is 0 Å². The summed E-state index contributed by atoms with van der Waals surface area (Å²) < 4.78 is 7.26. The van der Waals surface area contributed by atoms with Crippen LogP contribution in [0.25, 0.3) is 0 Å². The molecule has 0 saturated heterocycles. The summed E-state index contributed by atoms with van der Waals surface area (Å²) in [4.78, 5) is 16.0. The van der Waals surface area contributed by atoms with Crippen molar-refractivity contribution in [3.63, 3.8) is 0 Å². The van der Waals surface area contributed by atoms with E-state index >= 15 is 0 Å². The Labute approximate surface area is 199 Å². The molecule has 7 nitrogen and oxygen atoms in total. The van der Waals surface area contributed by atoms with Gasteiger partial charge in [0.1, 0.15) is 5.60 Å². The summed E-state index contributed by atoms with van der Waals surface area (Å²) in [5.74, 6) is 0.721. The highest BCUT2D eigenvalue weighted by molar-refractivity contribution is 14.0. The number of ether oxygens (including phenoxy) is 1. The molecular formula is C22H42IN5O2. The summed E-state index contributed by atoms with van der Waals surface area (Å²) in [6, 6.07) is 0.261. The van der Waals surface area contributed by atoms with Gasteiger partial charge in [-0.05, 0) is 66.4 Å². The molecule has 0 amide bonds. The molecule has 1 rings (SSSR count). The Balaban J connectivity index is 0.00000841. The zero-order valence-corrected chi connectivity index (χ0v) is 22.4. The first-order chi connectivity index (χ1) is 13.5. The van der Waals surface area contributed by atoms with Gasteiger partial charge in [0.25, 0.3) is 0 Å². The Morgan fingerprint density at radius 2 is 1.83 bits per heavy atom. The van der Waals surface area contributed by atoms with Crippen LogP contribution in [0, 0.1) is 13.8 Å². The number of aliphatic imine (C=N–C) groups is 1. The van der Waals surface area contributed by atoms with Gasteiger partial charge in [0, 0.05) is 38.8 Å². The monoisotopic (exact) mass is 535 g/mol. The lowest BCUT2D eigenvalue weighted by Crippen LogP contribution is -2.43. The molecule has 30 heavy (non-hydrogen) atoms. The van der Waals surface area contributed by atoms with Gasteiger partial charge in [-0.15, -0.1) is 24.0 Å². The van der Waals surface area contributed by atoms with Crippen LogP contribution >= 0.6 is 24.0 Å².